The molecule has 3 rings (SSSR count). The van der Waals surface area contributed by atoms with E-state index in [-0.39, 0.29) is 11.8 Å². The van der Waals surface area contributed by atoms with Gasteiger partial charge in [0.15, 0.2) is 0 Å². The zero-order chi connectivity index (χ0) is 16.2. The Morgan fingerprint density at radius 3 is 1.65 bits per heavy atom. The zero-order valence-electron chi connectivity index (χ0n) is 12.0. The van der Waals surface area contributed by atoms with Crippen molar-refractivity contribution in [3.05, 3.63) is 58.6 Å². The summed E-state index contributed by atoms with van der Waals surface area (Å²) >= 11 is 3.51. The average Bonchev–Trinajstić information content (AvgIpc) is 2.80. The standard InChI is InChI=1S/C15H11N3O2S3/c1-21-18-14(19)12(22-10-6-2-4-8-16-10)13(15(18)20)23-11-7-3-5-9-17-11/h2-9H,1H3. The third-order valence-corrected chi connectivity index (χ3v) is 5.73. The summed E-state index contributed by atoms with van der Waals surface area (Å²) in [5.41, 5.74) is 0. The number of hydrogen-bond acceptors (Lipinski definition) is 7. The normalized spacial score (nSPS) is 14.7. The SMILES string of the molecule is CSN1C(=O)C(Sc2ccccn2)=C(Sc2ccccn2)C1=O. The minimum absolute atomic E-state index is 0.309. The van der Waals surface area contributed by atoms with Crippen molar-refractivity contribution < 1.29 is 9.59 Å². The minimum atomic E-state index is -0.309. The molecule has 0 aromatic carbocycles. The molecule has 2 amide bonds. The van der Waals surface area contributed by atoms with E-state index >= 15 is 0 Å². The summed E-state index contributed by atoms with van der Waals surface area (Å²) in [5.74, 6) is -0.617. The third-order valence-electron chi connectivity index (χ3n) is 2.83. The van der Waals surface area contributed by atoms with Gasteiger partial charge in [0.25, 0.3) is 11.8 Å². The lowest BCUT2D eigenvalue weighted by Crippen LogP contribution is -2.23. The molecule has 8 heteroatoms. The molecule has 0 bridgehead atoms. The van der Waals surface area contributed by atoms with Gasteiger partial charge in [-0.25, -0.2) is 14.3 Å². The van der Waals surface area contributed by atoms with Crippen molar-refractivity contribution in [3.63, 3.8) is 0 Å². The number of carbonyl (C=O) groups excluding carboxylic acids is 2. The van der Waals surface area contributed by atoms with Crippen LogP contribution >= 0.6 is 35.5 Å². The molecule has 1 aliphatic rings. The van der Waals surface area contributed by atoms with Gasteiger partial charge in [-0.15, -0.1) is 0 Å². The van der Waals surface area contributed by atoms with Gasteiger partial charge in [0.2, 0.25) is 0 Å². The first-order valence-corrected chi connectivity index (χ1v) is 9.37. The summed E-state index contributed by atoms with van der Waals surface area (Å²) < 4.78 is 1.16. The molecule has 1 aliphatic heterocycles. The van der Waals surface area contributed by atoms with Crippen LogP contribution in [-0.4, -0.2) is 32.3 Å². The van der Waals surface area contributed by atoms with Gasteiger partial charge in [0.05, 0.1) is 9.81 Å². The fourth-order valence-corrected chi connectivity index (χ4v) is 4.38. The Labute approximate surface area is 146 Å². The van der Waals surface area contributed by atoms with E-state index in [0.717, 1.165) is 16.3 Å². The zero-order valence-corrected chi connectivity index (χ0v) is 14.5. The van der Waals surface area contributed by atoms with Gasteiger partial charge in [-0.3, -0.25) is 9.59 Å². The molecule has 116 valence electrons. The first-order valence-electron chi connectivity index (χ1n) is 6.55. The molecule has 0 aliphatic carbocycles. The summed E-state index contributed by atoms with van der Waals surface area (Å²) in [5, 5.41) is 1.34. The summed E-state index contributed by atoms with van der Waals surface area (Å²) in [7, 11) is 0. The van der Waals surface area contributed by atoms with Gasteiger partial charge >= 0.3 is 0 Å². The van der Waals surface area contributed by atoms with E-state index in [9.17, 15) is 9.59 Å². The molecule has 0 spiro atoms. The molecule has 0 atom stereocenters. The van der Waals surface area contributed by atoms with Crippen molar-refractivity contribution in [2.75, 3.05) is 6.26 Å². The van der Waals surface area contributed by atoms with Gasteiger partial charge in [-0.2, -0.15) is 0 Å². The summed E-state index contributed by atoms with van der Waals surface area (Å²) in [6, 6.07) is 10.9. The molecule has 0 saturated carbocycles. The van der Waals surface area contributed by atoms with Crippen molar-refractivity contribution in [1.29, 1.82) is 0 Å². The molecule has 0 N–H and O–H groups in total. The minimum Gasteiger partial charge on any atom is -0.267 e. The summed E-state index contributed by atoms with van der Waals surface area (Å²) in [6.45, 7) is 0. The highest BCUT2D eigenvalue weighted by Crippen LogP contribution is 2.42. The average molecular weight is 361 g/mol. The number of thioether (sulfide) groups is 2. The molecular formula is C15H11N3O2S3. The molecule has 5 nitrogen and oxygen atoms in total. The number of carbonyl (C=O) groups is 2. The lowest BCUT2D eigenvalue weighted by molar-refractivity contribution is -0.130. The number of pyridine rings is 2. The Bertz CT molecular complexity index is 703. The first-order chi connectivity index (χ1) is 11.2. The lowest BCUT2D eigenvalue weighted by Gasteiger charge is -2.09. The maximum atomic E-state index is 12.5. The largest absolute Gasteiger partial charge is 0.279 e. The molecule has 2 aromatic heterocycles. The van der Waals surface area contributed by atoms with Crippen molar-refractivity contribution >= 4 is 47.3 Å². The number of hydrogen-bond donors (Lipinski definition) is 0. The Hall–Kier alpha value is -1.77. The predicted octanol–water partition coefficient (Wildman–Crippen LogP) is 3.22. The van der Waals surface area contributed by atoms with Gasteiger partial charge in [0.1, 0.15) is 10.1 Å². The molecule has 0 saturated heterocycles. The van der Waals surface area contributed by atoms with E-state index in [1.54, 1.807) is 42.9 Å². The van der Waals surface area contributed by atoms with Crippen LogP contribution in [0.1, 0.15) is 0 Å². The van der Waals surface area contributed by atoms with Gasteiger partial charge in [-0.1, -0.05) is 35.7 Å². The highest BCUT2D eigenvalue weighted by molar-refractivity contribution is 8.08. The fraction of sp³-hybridized carbons (Fsp3) is 0.0667. The molecular weight excluding hydrogens is 350 g/mol. The van der Waals surface area contributed by atoms with E-state index in [1.165, 1.54) is 23.5 Å². The number of amides is 2. The van der Waals surface area contributed by atoms with Crippen LogP contribution in [0, 0.1) is 0 Å². The first kappa shape index (κ1) is 16.1. The van der Waals surface area contributed by atoms with Crippen molar-refractivity contribution in [2.24, 2.45) is 0 Å². The Balaban J connectivity index is 1.96. The van der Waals surface area contributed by atoms with Crippen LogP contribution < -0.4 is 0 Å². The second-order valence-corrected chi connectivity index (χ2v) is 7.08. The smallest absolute Gasteiger partial charge is 0.267 e. The van der Waals surface area contributed by atoms with E-state index in [0.29, 0.717) is 19.9 Å². The third kappa shape index (κ3) is 3.44. The summed E-state index contributed by atoms with van der Waals surface area (Å²) in [4.78, 5) is 34.2. The van der Waals surface area contributed by atoms with E-state index in [2.05, 4.69) is 9.97 Å². The number of rotatable bonds is 5. The second-order valence-electron chi connectivity index (χ2n) is 4.29. The fourth-order valence-electron chi connectivity index (χ4n) is 1.84. The topological polar surface area (TPSA) is 63.2 Å². The quantitative estimate of drug-likeness (QED) is 0.598. The summed E-state index contributed by atoms with van der Waals surface area (Å²) in [6.07, 6.45) is 5.01. The Morgan fingerprint density at radius 2 is 1.30 bits per heavy atom. The van der Waals surface area contributed by atoms with Crippen LogP contribution in [0.25, 0.3) is 0 Å². The van der Waals surface area contributed by atoms with Crippen LogP contribution in [0.5, 0.6) is 0 Å². The molecule has 2 aromatic rings. The Morgan fingerprint density at radius 1 is 0.826 bits per heavy atom. The van der Waals surface area contributed by atoms with Crippen LogP contribution in [-0.2, 0) is 9.59 Å². The van der Waals surface area contributed by atoms with Crippen LogP contribution in [0.4, 0.5) is 0 Å². The maximum Gasteiger partial charge on any atom is 0.279 e. The molecule has 3 heterocycles. The molecule has 23 heavy (non-hydrogen) atoms. The predicted molar refractivity (Wildman–Crippen MR) is 92.6 cm³/mol. The highest BCUT2D eigenvalue weighted by atomic mass is 32.2. The van der Waals surface area contributed by atoms with Crippen LogP contribution in [0.2, 0.25) is 0 Å². The van der Waals surface area contributed by atoms with Crippen molar-refractivity contribution in [2.45, 2.75) is 10.1 Å². The maximum absolute atomic E-state index is 12.5. The van der Waals surface area contributed by atoms with E-state index < -0.39 is 0 Å². The van der Waals surface area contributed by atoms with Gasteiger partial charge in [0, 0.05) is 18.6 Å². The monoisotopic (exact) mass is 361 g/mol. The Kier molecular flexibility index (Phi) is 5.04. The lowest BCUT2D eigenvalue weighted by atomic mass is 10.5. The van der Waals surface area contributed by atoms with Gasteiger partial charge < -0.3 is 0 Å². The second kappa shape index (κ2) is 7.20. The number of imide groups is 1. The molecule has 0 fully saturated rings. The van der Waals surface area contributed by atoms with E-state index in [4.69, 9.17) is 0 Å². The molecule has 0 radical (unpaired) electrons. The van der Waals surface area contributed by atoms with Crippen LogP contribution in [0.3, 0.4) is 0 Å². The number of nitrogens with zero attached hydrogens (tertiary/aromatic N) is 3. The number of aromatic nitrogens is 2. The highest BCUT2D eigenvalue weighted by Gasteiger charge is 2.39. The van der Waals surface area contributed by atoms with Crippen LogP contribution in [0.15, 0.2) is 68.7 Å². The molecule has 0 unspecified atom stereocenters. The van der Waals surface area contributed by atoms with Crippen molar-refractivity contribution in [1.82, 2.24) is 14.3 Å². The van der Waals surface area contributed by atoms with E-state index in [1.807, 2.05) is 12.1 Å². The van der Waals surface area contributed by atoms with Gasteiger partial charge in [-0.05, 0) is 36.2 Å². The van der Waals surface area contributed by atoms with Crippen molar-refractivity contribution in [3.8, 4) is 0 Å².